The standard InChI is InChI=1S/C13H24N4O5S/c1-3-6(2)10(15)12(20)17-8(5-23)11(19)16-7(13(21)22)4-9(14)18/h6-8,10,23H,3-5,15H2,1-2H3,(H2,14,18)(H,16,19)(H,17,20)(H,21,22)/t6-,7-,8-,10-/m0/s1. The highest BCUT2D eigenvalue weighted by Crippen LogP contribution is 2.06. The molecule has 0 aliphatic carbocycles. The van der Waals surface area contributed by atoms with Crippen LogP contribution in [0.25, 0.3) is 0 Å². The van der Waals surface area contributed by atoms with Crippen LogP contribution >= 0.6 is 12.6 Å². The number of amides is 3. The summed E-state index contributed by atoms with van der Waals surface area (Å²) < 4.78 is 0. The Bertz CT molecular complexity index is 460. The number of nitrogens with two attached hydrogens (primary N) is 2. The van der Waals surface area contributed by atoms with Crippen LogP contribution in [-0.4, -0.2) is 52.7 Å². The van der Waals surface area contributed by atoms with Crippen LogP contribution in [-0.2, 0) is 19.2 Å². The molecule has 10 heteroatoms. The summed E-state index contributed by atoms with van der Waals surface area (Å²) in [5.41, 5.74) is 10.7. The predicted octanol–water partition coefficient (Wildman–Crippen LogP) is -1.78. The van der Waals surface area contributed by atoms with Gasteiger partial charge in [-0.2, -0.15) is 12.6 Å². The van der Waals surface area contributed by atoms with Crippen LogP contribution in [0.1, 0.15) is 26.7 Å². The van der Waals surface area contributed by atoms with Crippen molar-refractivity contribution in [3.8, 4) is 0 Å². The van der Waals surface area contributed by atoms with Gasteiger partial charge in [0.15, 0.2) is 0 Å². The first-order valence-electron chi connectivity index (χ1n) is 7.12. The normalized spacial score (nSPS) is 15.8. The lowest BCUT2D eigenvalue weighted by Gasteiger charge is -2.23. The number of carboxylic acid groups (broad SMARTS) is 1. The molecule has 4 atom stereocenters. The monoisotopic (exact) mass is 348 g/mol. The average Bonchev–Trinajstić information content (AvgIpc) is 2.49. The van der Waals surface area contributed by atoms with Crippen LogP contribution in [0.2, 0.25) is 0 Å². The number of aliphatic carboxylic acids is 1. The summed E-state index contributed by atoms with van der Waals surface area (Å²) in [5.74, 6) is -3.73. The molecule has 0 heterocycles. The van der Waals surface area contributed by atoms with E-state index in [1.54, 1.807) is 6.92 Å². The quantitative estimate of drug-likeness (QED) is 0.255. The van der Waals surface area contributed by atoms with E-state index in [9.17, 15) is 19.2 Å². The third kappa shape index (κ3) is 7.33. The smallest absolute Gasteiger partial charge is 0.326 e. The second kappa shape index (κ2) is 10.1. The molecule has 0 aliphatic heterocycles. The van der Waals surface area contributed by atoms with E-state index in [0.29, 0.717) is 6.42 Å². The van der Waals surface area contributed by atoms with Gasteiger partial charge < -0.3 is 27.2 Å². The Morgan fingerprint density at radius 1 is 1.13 bits per heavy atom. The summed E-state index contributed by atoms with van der Waals surface area (Å²) in [7, 11) is 0. The molecule has 0 rings (SSSR count). The second-order valence-electron chi connectivity index (χ2n) is 5.22. The molecule has 9 nitrogen and oxygen atoms in total. The van der Waals surface area contributed by atoms with E-state index in [4.69, 9.17) is 16.6 Å². The van der Waals surface area contributed by atoms with Crippen molar-refractivity contribution < 1.29 is 24.3 Å². The first kappa shape index (κ1) is 21.2. The largest absolute Gasteiger partial charge is 0.480 e. The molecule has 0 aromatic heterocycles. The van der Waals surface area contributed by atoms with Crippen LogP contribution in [0, 0.1) is 5.92 Å². The summed E-state index contributed by atoms with van der Waals surface area (Å²) >= 11 is 3.96. The highest BCUT2D eigenvalue weighted by molar-refractivity contribution is 7.80. The molecular formula is C13H24N4O5S. The van der Waals surface area contributed by atoms with Gasteiger partial charge in [0.25, 0.3) is 0 Å². The van der Waals surface area contributed by atoms with Gasteiger partial charge in [-0.3, -0.25) is 14.4 Å². The fourth-order valence-corrected chi connectivity index (χ4v) is 1.91. The molecule has 0 aromatic carbocycles. The molecule has 0 radical (unpaired) electrons. The molecule has 0 fully saturated rings. The highest BCUT2D eigenvalue weighted by atomic mass is 32.1. The van der Waals surface area contributed by atoms with E-state index in [1.165, 1.54) is 0 Å². The van der Waals surface area contributed by atoms with Crippen LogP contribution in [0.15, 0.2) is 0 Å². The zero-order chi connectivity index (χ0) is 18.2. The van der Waals surface area contributed by atoms with E-state index >= 15 is 0 Å². The third-order valence-electron chi connectivity index (χ3n) is 3.40. The highest BCUT2D eigenvalue weighted by Gasteiger charge is 2.29. The Balaban J connectivity index is 4.82. The van der Waals surface area contributed by atoms with Crippen molar-refractivity contribution >= 4 is 36.3 Å². The number of nitrogens with one attached hydrogen (secondary N) is 2. The summed E-state index contributed by atoms with van der Waals surface area (Å²) in [6, 6.07) is -3.34. The summed E-state index contributed by atoms with van der Waals surface area (Å²) in [5, 5.41) is 13.5. The molecule has 0 aromatic rings. The Labute approximate surface area is 139 Å². The number of hydrogen-bond donors (Lipinski definition) is 6. The Morgan fingerprint density at radius 2 is 1.65 bits per heavy atom. The van der Waals surface area contributed by atoms with E-state index in [1.807, 2.05) is 6.92 Å². The van der Waals surface area contributed by atoms with Gasteiger partial charge in [0, 0.05) is 5.75 Å². The maximum atomic E-state index is 12.0. The Kier molecular flexibility index (Phi) is 9.27. The number of hydrogen-bond acceptors (Lipinski definition) is 6. The van der Waals surface area contributed by atoms with E-state index in [0.717, 1.165) is 0 Å². The molecule has 0 saturated carbocycles. The number of thiol groups is 1. The molecule has 0 spiro atoms. The molecule has 132 valence electrons. The van der Waals surface area contributed by atoms with Crippen LogP contribution in [0.3, 0.4) is 0 Å². The van der Waals surface area contributed by atoms with Gasteiger partial charge in [-0.05, 0) is 5.92 Å². The Hall–Kier alpha value is -1.81. The van der Waals surface area contributed by atoms with Crippen LogP contribution in [0.5, 0.6) is 0 Å². The topological polar surface area (TPSA) is 165 Å². The zero-order valence-corrected chi connectivity index (χ0v) is 14.0. The minimum atomic E-state index is -1.47. The average molecular weight is 348 g/mol. The molecule has 0 aliphatic rings. The summed E-state index contributed by atoms with van der Waals surface area (Å²) in [6.07, 6.45) is 0.132. The Morgan fingerprint density at radius 3 is 2.04 bits per heavy atom. The number of primary amides is 1. The number of rotatable bonds is 10. The predicted molar refractivity (Wildman–Crippen MR) is 86.6 cm³/mol. The van der Waals surface area contributed by atoms with Crippen molar-refractivity contribution in [1.82, 2.24) is 10.6 Å². The lowest BCUT2D eigenvalue weighted by molar-refractivity contribution is -0.143. The van der Waals surface area contributed by atoms with E-state index in [-0.39, 0.29) is 11.7 Å². The van der Waals surface area contributed by atoms with Crippen molar-refractivity contribution in [2.45, 2.75) is 44.8 Å². The van der Waals surface area contributed by atoms with Crippen molar-refractivity contribution in [3.63, 3.8) is 0 Å². The first-order valence-corrected chi connectivity index (χ1v) is 7.75. The van der Waals surface area contributed by atoms with Gasteiger partial charge >= 0.3 is 5.97 Å². The number of carboxylic acids is 1. The molecule has 3 amide bonds. The van der Waals surface area contributed by atoms with Gasteiger partial charge in [0.1, 0.15) is 12.1 Å². The van der Waals surface area contributed by atoms with Crippen molar-refractivity contribution in [3.05, 3.63) is 0 Å². The van der Waals surface area contributed by atoms with Gasteiger partial charge in [-0.1, -0.05) is 20.3 Å². The van der Waals surface area contributed by atoms with Crippen LogP contribution < -0.4 is 22.1 Å². The van der Waals surface area contributed by atoms with E-state index in [2.05, 4.69) is 23.3 Å². The molecular weight excluding hydrogens is 324 g/mol. The minimum Gasteiger partial charge on any atom is -0.480 e. The molecule has 0 bridgehead atoms. The van der Waals surface area contributed by atoms with Crippen molar-refractivity contribution in [1.29, 1.82) is 0 Å². The number of carbonyl (C=O) groups excluding carboxylic acids is 3. The lowest BCUT2D eigenvalue weighted by atomic mass is 9.99. The second-order valence-corrected chi connectivity index (χ2v) is 5.59. The maximum Gasteiger partial charge on any atom is 0.326 e. The van der Waals surface area contributed by atoms with E-state index < -0.39 is 48.2 Å². The molecule has 0 unspecified atom stereocenters. The third-order valence-corrected chi connectivity index (χ3v) is 3.76. The van der Waals surface area contributed by atoms with Gasteiger partial charge in [0.05, 0.1) is 12.5 Å². The SMILES string of the molecule is CC[C@H](C)[C@H](N)C(=O)N[C@@H](CS)C(=O)N[C@@H](CC(N)=O)C(=O)O. The van der Waals surface area contributed by atoms with Gasteiger partial charge in [-0.25, -0.2) is 4.79 Å². The first-order chi connectivity index (χ1) is 10.6. The van der Waals surface area contributed by atoms with Gasteiger partial charge in [-0.15, -0.1) is 0 Å². The molecule has 0 saturated heterocycles. The minimum absolute atomic E-state index is 0.0618. The van der Waals surface area contributed by atoms with Crippen molar-refractivity contribution in [2.24, 2.45) is 17.4 Å². The number of carbonyl (C=O) groups is 4. The molecule has 23 heavy (non-hydrogen) atoms. The van der Waals surface area contributed by atoms with Crippen LogP contribution in [0.4, 0.5) is 0 Å². The molecule has 7 N–H and O–H groups in total. The van der Waals surface area contributed by atoms with Gasteiger partial charge in [0.2, 0.25) is 17.7 Å². The summed E-state index contributed by atoms with van der Waals surface area (Å²) in [6.45, 7) is 3.68. The summed E-state index contributed by atoms with van der Waals surface area (Å²) in [4.78, 5) is 45.8. The van der Waals surface area contributed by atoms with Crippen molar-refractivity contribution in [2.75, 3.05) is 5.75 Å². The fraction of sp³-hybridized carbons (Fsp3) is 0.692. The fourth-order valence-electron chi connectivity index (χ4n) is 1.65. The maximum absolute atomic E-state index is 12.0. The zero-order valence-electron chi connectivity index (χ0n) is 13.1. The lowest BCUT2D eigenvalue weighted by Crippen LogP contribution is -2.56.